The smallest absolute Gasteiger partial charge is 0.431 e. The second kappa shape index (κ2) is 8.00. The lowest BCUT2D eigenvalue weighted by atomic mass is 10.2. The molecular weight excluding hydrogens is 216 g/mol. The molecule has 0 aliphatic rings. The molecule has 0 saturated heterocycles. The largest absolute Gasteiger partial charge is 0.442 e. The van der Waals surface area contributed by atoms with E-state index >= 15 is 0 Å². The van der Waals surface area contributed by atoms with E-state index in [1.807, 2.05) is 0 Å². The van der Waals surface area contributed by atoms with Gasteiger partial charge in [-0.25, -0.2) is 4.79 Å². The van der Waals surface area contributed by atoms with Crippen LogP contribution < -0.4 is 5.48 Å². The average molecular weight is 234 g/mol. The van der Waals surface area contributed by atoms with E-state index in [0.29, 0.717) is 0 Å². The van der Waals surface area contributed by atoms with Crippen LogP contribution in [0.2, 0.25) is 0 Å². The van der Waals surface area contributed by atoms with Gasteiger partial charge in [0.1, 0.15) is 12.1 Å². The average Bonchev–Trinajstić information content (AvgIpc) is 2.13. The van der Waals surface area contributed by atoms with Crippen molar-refractivity contribution in [3.05, 3.63) is 4.91 Å². The van der Waals surface area contributed by atoms with Crippen LogP contribution in [0.25, 0.3) is 0 Å². The minimum atomic E-state index is -0.651. The summed E-state index contributed by atoms with van der Waals surface area (Å²) in [5.74, 6) is 0. The van der Waals surface area contributed by atoms with Crippen LogP contribution in [-0.2, 0) is 14.3 Å². The fourth-order valence-corrected chi connectivity index (χ4v) is 0.713. The summed E-state index contributed by atoms with van der Waals surface area (Å²) in [6.45, 7) is 6.06. The summed E-state index contributed by atoms with van der Waals surface area (Å²) < 4.78 is 9.86. The number of hydrogen-bond donors (Lipinski definition) is 1. The van der Waals surface area contributed by atoms with Crippen LogP contribution in [0.3, 0.4) is 0 Å². The third kappa shape index (κ3) is 10.9. The van der Waals surface area contributed by atoms with E-state index in [1.54, 1.807) is 20.8 Å². The van der Waals surface area contributed by atoms with Gasteiger partial charge in [0.15, 0.2) is 0 Å². The SMILES string of the molecule is CC(C)(C)OC(=O)NOCCOCCN=O. The number of nitroso groups, excluding NO2 is 1. The molecule has 1 amide bonds. The van der Waals surface area contributed by atoms with E-state index in [-0.39, 0.29) is 26.4 Å². The molecule has 7 heteroatoms. The topological polar surface area (TPSA) is 86.2 Å². The monoisotopic (exact) mass is 234 g/mol. The third-order valence-electron chi connectivity index (χ3n) is 1.21. The maximum atomic E-state index is 11.0. The highest BCUT2D eigenvalue weighted by molar-refractivity contribution is 5.66. The molecule has 94 valence electrons. The first kappa shape index (κ1) is 14.8. The molecule has 16 heavy (non-hydrogen) atoms. The minimum absolute atomic E-state index is 0.111. The van der Waals surface area contributed by atoms with Gasteiger partial charge in [-0.3, -0.25) is 4.84 Å². The summed E-state index contributed by atoms with van der Waals surface area (Å²) in [4.78, 5) is 25.5. The number of nitrogens with one attached hydrogen (secondary N) is 1. The summed E-state index contributed by atoms with van der Waals surface area (Å²) >= 11 is 0. The molecule has 0 unspecified atom stereocenters. The standard InChI is InChI=1S/C9H18N2O5/c1-9(2,3)16-8(12)11-15-7-6-14-5-4-10-13/h4-7H2,1-3H3,(H,11,12). The number of nitrogens with zero attached hydrogens (tertiary/aromatic N) is 1. The van der Waals surface area contributed by atoms with Gasteiger partial charge in [-0.05, 0) is 20.8 Å². The van der Waals surface area contributed by atoms with Crippen molar-refractivity contribution in [2.24, 2.45) is 5.18 Å². The van der Waals surface area contributed by atoms with Gasteiger partial charge in [-0.2, -0.15) is 10.4 Å². The van der Waals surface area contributed by atoms with Crippen LogP contribution in [0.1, 0.15) is 20.8 Å². The highest BCUT2D eigenvalue weighted by atomic mass is 16.7. The zero-order valence-corrected chi connectivity index (χ0v) is 9.82. The maximum absolute atomic E-state index is 11.0. The van der Waals surface area contributed by atoms with E-state index in [4.69, 9.17) is 14.3 Å². The molecule has 1 N–H and O–H groups in total. The lowest BCUT2D eigenvalue weighted by Gasteiger charge is -2.19. The fourth-order valence-electron chi connectivity index (χ4n) is 0.713. The lowest BCUT2D eigenvalue weighted by molar-refractivity contribution is -0.0254. The van der Waals surface area contributed by atoms with Crippen molar-refractivity contribution in [2.45, 2.75) is 26.4 Å². The molecule has 0 atom stereocenters. The Morgan fingerprint density at radius 1 is 1.25 bits per heavy atom. The second-order valence-corrected chi connectivity index (χ2v) is 3.92. The first-order valence-electron chi connectivity index (χ1n) is 4.93. The van der Waals surface area contributed by atoms with E-state index < -0.39 is 11.7 Å². The first-order chi connectivity index (χ1) is 7.45. The minimum Gasteiger partial charge on any atom is -0.442 e. The molecule has 0 rings (SSSR count). The Balaban J connectivity index is 3.31. The highest BCUT2D eigenvalue weighted by Gasteiger charge is 2.15. The predicted molar refractivity (Wildman–Crippen MR) is 56.8 cm³/mol. The Morgan fingerprint density at radius 3 is 2.50 bits per heavy atom. The van der Waals surface area contributed by atoms with Crippen LogP contribution in [0, 0.1) is 4.91 Å². The predicted octanol–water partition coefficient (Wildman–Crippen LogP) is 1.23. The van der Waals surface area contributed by atoms with Crippen molar-refractivity contribution < 1.29 is 19.1 Å². The molecule has 0 aromatic carbocycles. The number of rotatable bonds is 7. The quantitative estimate of drug-likeness (QED) is 0.406. The Bertz CT molecular complexity index is 214. The molecule has 0 aliphatic carbocycles. The number of carbonyl (C=O) groups is 1. The Hall–Kier alpha value is -1.21. The summed E-state index contributed by atoms with van der Waals surface area (Å²) in [7, 11) is 0. The molecule has 0 fully saturated rings. The number of amides is 1. The van der Waals surface area contributed by atoms with Gasteiger partial charge in [0, 0.05) is 0 Å². The van der Waals surface area contributed by atoms with E-state index in [9.17, 15) is 9.70 Å². The van der Waals surface area contributed by atoms with Crippen LogP contribution in [-0.4, -0.2) is 38.1 Å². The van der Waals surface area contributed by atoms with Crippen molar-refractivity contribution in [1.82, 2.24) is 5.48 Å². The van der Waals surface area contributed by atoms with Crippen LogP contribution in [0.4, 0.5) is 4.79 Å². The van der Waals surface area contributed by atoms with Crippen LogP contribution in [0.15, 0.2) is 5.18 Å². The molecule has 0 bridgehead atoms. The Morgan fingerprint density at radius 2 is 1.94 bits per heavy atom. The fraction of sp³-hybridized carbons (Fsp3) is 0.889. The summed E-state index contributed by atoms with van der Waals surface area (Å²) in [6.07, 6.45) is -0.651. The molecule has 0 aliphatic heterocycles. The van der Waals surface area contributed by atoms with E-state index in [1.165, 1.54) is 0 Å². The maximum Gasteiger partial charge on any atom is 0.431 e. The van der Waals surface area contributed by atoms with Gasteiger partial charge >= 0.3 is 6.09 Å². The van der Waals surface area contributed by atoms with Crippen LogP contribution in [0.5, 0.6) is 0 Å². The van der Waals surface area contributed by atoms with Crippen molar-refractivity contribution in [3.8, 4) is 0 Å². The van der Waals surface area contributed by atoms with Crippen molar-refractivity contribution >= 4 is 6.09 Å². The van der Waals surface area contributed by atoms with Crippen molar-refractivity contribution in [2.75, 3.05) is 26.4 Å². The molecule has 0 heterocycles. The summed E-state index contributed by atoms with van der Waals surface area (Å²) in [5.41, 5.74) is 1.55. The van der Waals surface area contributed by atoms with Gasteiger partial charge in [0.2, 0.25) is 0 Å². The molecule has 0 aromatic rings. The third-order valence-corrected chi connectivity index (χ3v) is 1.21. The highest BCUT2D eigenvalue weighted by Crippen LogP contribution is 2.06. The normalized spacial score (nSPS) is 10.9. The van der Waals surface area contributed by atoms with Gasteiger partial charge in [-0.1, -0.05) is 5.18 Å². The molecule has 7 nitrogen and oxygen atoms in total. The van der Waals surface area contributed by atoms with E-state index in [2.05, 4.69) is 10.7 Å². The lowest BCUT2D eigenvalue weighted by Crippen LogP contribution is -2.33. The summed E-state index contributed by atoms with van der Waals surface area (Å²) in [5, 5.41) is 2.62. The van der Waals surface area contributed by atoms with Gasteiger partial charge in [-0.15, -0.1) is 0 Å². The van der Waals surface area contributed by atoms with Gasteiger partial charge < -0.3 is 9.47 Å². The van der Waals surface area contributed by atoms with E-state index in [0.717, 1.165) is 0 Å². The van der Waals surface area contributed by atoms with Crippen molar-refractivity contribution in [1.29, 1.82) is 0 Å². The number of ether oxygens (including phenoxy) is 2. The molecule has 0 aromatic heterocycles. The molecular formula is C9H18N2O5. The Kier molecular flexibility index (Phi) is 7.40. The van der Waals surface area contributed by atoms with Gasteiger partial charge in [0.05, 0.1) is 19.8 Å². The number of carbonyl (C=O) groups excluding carboxylic acids is 1. The Labute approximate surface area is 94.4 Å². The van der Waals surface area contributed by atoms with Crippen LogP contribution >= 0.6 is 0 Å². The van der Waals surface area contributed by atoms with Gasteiger partial charge in [0.25, 0.3) is 0 Å². The zero-order valence-electron chi connectivity index (χ0n) is 9.82. The molecule has 0 saturated carbocycles. The van der Waals surface area contributed by atoms with Crippen molar-refractivity contribution in [3.63, 3.8) is 0 Å². The zero-order chi connectivity index (χ0) is 12.4. The first-order valence-corrected chi connectivity index (χ1v) is 4.93. The molecule has 0 radical (unpaired) electrons. The number of hydroxylamine groups is 1. The number of hydrogen-bond acceptors (Lipinski definition) is 6. The molecule has 0 spiro atoms. The summed E-state index contributed by atoms with van der Waals surface area (Å²) in [6, 6.07) is 0. The second-order valence-electron chi connectivity index (χ2n) is 3.92.